The Bertz CT molecular complexity index is 1100. The van der Waals surface area contributed by atoms with Crippen molar-refractivity contribution in [2.24, 2.45) is 0 Å². The van der Waals surface area contributed by atoms with Gasteiger partial charge in [0.1, 0.15) is 22.2 Å². The van der Waals surface area contributed by atoms with Gasteiger partial charge in [-0.2, -0.15) is 0 Å². The van der Waals surface area contributed by atoms with Crippen molar-refractivity contribution in [1.82, 2.24) is 14.9 Å². The van der Waals surface area contributed by atoms with E-state index in [4.69, 9.17) is 14.7 Å². The van der Waals surface area contributed by atoms with Gasteiger partial charge in [-0.25, -0.2) is 9.97 Å². The zero-order valence-electron chi connectivity index (χ0n) is 17.4. The van der Waals surface area contributed by atoms with E-state index in [1.165, 1.54) is 22.6 Å². The van der Waals surface area contributed by atoms with Crippen LogP contribution in [0.25, 0.3) is 10.2 Å². The van der Waals surface area contributed by atoms with Crippen molar-refractivity contribution in [3.63, 3.8) is 0 Å². The third-order valence-corrected chi connectivity index (χ3v) is 6.88. The fraction of sp³-hybridized carbons (Fsp3) is 0.455. The number of fused-ring (bicyclic) bond motifs is 3. The number of aryl methyl sites for hydroxylation is 2. The van der Waals surface area contributed by atoms with Gasteiger partial charge in [-0.15, -0.1) is 24.5 Å². The topological polar surface area (TPSA) is 59.5 Å². The van der Waals surface area contributed by atoms with Gasteiger partial charge in [0.2, 0.25) is 0 Å². The second kappa shape index (κ2) is 8.84. The monoisotopic (exact) mass is 464 g/mol. The summed E-state index contributed by atoms with van der Waals surface area (Å²) in [6.45, 7) is 4.26. The minimum absolute atomic E-state index is 0.228. The highest BCUT2D eigenvalue weighted by atomic mass is 32.1. The molecule has 1 saturated heterocycles. The first-order valence-corrected chi connectivity index (χ1v) is 11.5. The number of hydrogen-bond acceptors (Lipinski definition) is 7. The lowest BCUT2D eigenvalue weighted by atomic mass is 10.1. The molecule has 1 aliphatic carbocycles. The van der Waals surface area contributed by atoms with Crippen LogP contribution in [0, 0.1) is 0 Å². The molecule has 170 valence electrons. The summed E-state index contributed by atoms with van der Waals surface area (Å²) in [7, 11) is 0. The smallest absolute Gasteiger partial charge is 0.406 e. The number of anilines is 1. The standard InChI is InChI=1S/C22H23F3N4O2S/c23-22(24,25)31-15-6-4-14(5-7-15)12-26-20-19-16-2-1-3-17(16)32-21(19)28-18(27-20)13-29-8-10-30-11-9-29/h4-7H,1-3,8-13H2,(H,26,27,28). The van der Waals surface area contributed by atoms with Crippen LogP contribution in [0.3, 0.4) is 0 Å². The molecule has 6 nitrogen and oxygen atoms in total. The van der Waals surface area contributed by atoms with Gasteiger partial charge in [-0.1, -0.05) is 12.1 Å². The first kappa shape index (κ1) is 21.4. The average molecular weight is 465 g/mol. The van der Waals surface area contributed by atoms with Gasteiger partial charge >= 0.3 is 6.36 Å². The van der Waals surface area contributed by atoms with E-state index in [1.807, 2.05) is 0 Å². The van der Waals surface area contributed by atoms with E-state index in [0.29, 0.717) is 26.3 Å². The van der Waals surface area contributed by atoms with E-state index in [-0.39, 0.29) is 5.75 Å². The Morgan fingerprint density at radius 1 is 1.09 bits per heavy atom. The molecule has 3 heterocycles. The molecule has 10 heteroatoms. The Balaban J connectivity index is 1.37. The quantitative estimate of drug-likeness (QED) is 0.579. The van der Waals surface area contributed by atoms with E-state index in [1.54, 1.807) is 23.5 Å². The molecule has 2 aromatic heterocycles. The van der Waals surface area contributed by atoms with Gasteiger partial charge < -0.3 is 14.8 Å². The molecule has 1 N–H and O–H groups in total. The molecular formula is C22H23F3N4O2S. The minimum atomic E-state index is -4.69. The Labute approximate surface area is 187 Å². The molecule has 0 amide bonds. The van der Waals surface area contributed by atoms with Gasteiger partial charge in [0, 0.05) is 24.5 Å². The predicted octanol–water partition coefficient (Wildman–Crippen LogP) is 4.52. The molecule has 0 atom stereocenters. The highest BCUT2D eigenvalue weighted by molar-refractivity contribution is 7.19. The van der Waals surface area contributed by atoms with Crippen LogP contribution in [0.5, 0.6) is 5.75 Å². The van der Waals surface area contributed by atoms with Gasteiger partial charge in [0.15, 0.2) is 0 Å². The SMILES string of the molecule is FC(F)(F)Oc1ccc(CNc2nc(CN3CCOCC3)nc3sc4c(c23)CCC4)cc1. The Morgan fingerprint density at radius 3 is 2.62 bits per heavy atom. The molecule has 3 aromatic rings. The van der Waals surface area contributed by atoms with Crippen LogP contribution in [0.4, 0.5) is 19.0 Å². The maximum absolute atomic E-state index is 12.4. The molecule has 0 spiro atoms. The molecule has 0 saturated carbocycles. The van der Waals surface area contributed by atoms with Crippen LogP contribution < -0.4 is 10.1 Å². The van der Waals surface area contributed by atoms with Crippen molar-refractivity contribution in [2.75, 3.05) is 31.6 Å². The minimum Gasteiger partial charge on any atom is -0.406 e. The van der Waals surface area contributed by atoms with Crippen molar-refractivity contribution in [1.29, 1.82) is 0 Å². The molecular weight excluding hydrogens is 441 g/mol. The van der Waals surface area contributed by atoms with Crippen LogP contribution in [0.1, 0.15) is 28.2 Å². The van der Waals surface area contributed by atoms with Crippen molar-refractivity contribution in [3.05, 3.63) is 46.1 Å². The zero-order chi connectivity index (χ0) is 22.1. The summed E-state index contributed by atoms with van der Waals surface area (Å²) in [5.74, 6) is 1.35. The average Bonchev–Trinajstić information content (AvgIpc) is 3.34. The van der Waals surface area contributed by atoms with Gasteiger partial charge in [-0.3, -0.25) is 4.90 Å². The second-order valence-electron chi connectivity index (χ2n) is 7.96. The predicted molar refractivity (Wildman–Crippen MR) is 116 cm³/mol. The first-order chi connectivity index (χ1) is 15.4. The van der Waals surface area contributed by atoms with Gasteiger partial charge in [0.05, 0.1) is 25.1 Å². The number of nitrogens with one attached hydrogen (secondary N) is 1. The van der Waals surface area contributed by atoms with Crippen molar-refractivity contribution >= 4 is 27.4 Å². The molecule has 1 fully saturated rings. The fourth-order valence-electron chi connectivity index (χ4n) is 4.19. The lowest BCUT2D eigenvalue weighted by Crippen LogP contribution is -2.36. The van der Waals surface area contributed by atoms with Crippen LogP contribution in [0.2, 0.25) is 0 Å². The molecule has 0 radical (unpaired) electrons. The zero-order valence-corrected chi connectivity index (χ0v) is 18.2. The number of ether oxygens (including phenoxy) is 2. The summed E-state index contributed by atoms with van der Waals surface area (Å²) in [5.41, 5.74) is 2.17. The number of rotatable bonds is 6. The van der Waals surface area contributed by atoms with E-state index >= 15 is 0 Å². The summed E-state index contributed by atoms with van der Waals surface area (Å²) in [4.78, 5) is 14.4. The van der Waals surface area contributed by atoms with E-state index in [9.17, 15) is 13.2 Å². The summed E-state index contributed by atoms with van der Waals surface area (Å²) in [5, 5.41) is 4.50. The Morgan fingerprint density at radius 2 is 1.88 bits per heavy atom. The number of nitrogens with zero attached hydrogens (tertiary/aromatic N) is 3. The van der Waals surface area contributed by atoms with Gasteiger partial charge in [0.25, 0.3) is 0 Å². The Kier molecular flexibility index (Phi) is 5.92. The lowest BCUT2D eigenvalue weighted by Gasteiger charge is -2.25. The molecule has 2 aliphatic rings. The highest BCUT2D eigenvalue weighted by Crippen LogP contribution is 2.39. The molecule has 0 unspecified atom stereocenters. The van der Waals surface area contributed by atoms with Crippen molar-refractivity contribution in [2.45, 2.75) is 38.7 Å². The summed E-state index contributed by atoms with van der Waals surface area (Å²) >= 11 is 1.75. The molecule has 1 aliphatic heterocycles. The molecule has 32 heavy (non-hydrogen) atoms. The summed E-state index contributed by atoms with van der Waals surface area (Å²) in [6, 6.07) is 5.90. The maximum Gasteiger partial charge on any atom is 0.573 e. The number of morpholine rings is 1. The molecule has 0 bridgehead atoms. The maximum atomic E-state index is 12.4. The lowest BCUT2D eigenvalue weighted by molar-refractivity contribution is -0.274. The van der Waals surface area contributed by atoms with Gasteiger partial charge in [-0.05, 0) is 42.5 Å². The number of benzene rings is 1. The fourth-order valence-corrected chi connectivity index (χ4v) is 5.47. The normalized spacial score (nSPS) is 17.0. The van der Waals surface area contributed by atoms with Crippen LogP contribution in [-0.4, -0.2) is 47.5 Å². The number of hydrogen-bond donors (Lipinski definition) is 1. The van der Waals surface area contributed by atoms with Crippen LogP contribution in [0.15, 0.2) is 24.3 Å². The number of halogens is 3. The number of thiophene rings is 1. The highest BCUT2D eigenvalue weighted by Gasteiger charge is 2.31. The van der Waals surface area contributed by atoms with E-state index in [2.05, 4.69) is 15.0 Å². The third-order valence-electron chi connectivity index (χ3n) is 5.70. The van der Waals surface area contributed by atoms with E-state index < -0.39 is 6.36 Å². The molecule has 1 aromatic carbocycles. The van der Waals surface area contributed by atoms with Crippen LogP contribution >= 0.6 is 11.3 Å². The van der Waals surface area contributed by atoms with E-state index in [0.717, 1.165) is 59.8 Å². The Hall–Kier alpha value is -2.43. The van der Waals surface area contributed by atoms with Crippen molar-refractivity contribution in [3.8, 4) is 5.75 Å². The molecule has 5 rings (SSSR count). The number of aromatic nitrogens is 2. The summed E-state index contributed by atoms with van der Waals surface area (Å²) < 4.78 is 46.5. The first-order valence-electron chi connectivity index (χ1n) is 10.6. The summed E-state index contributed by atoms with van der Waals surface area (Å²) in [6.07, 6.45) is -1.44. The van der Waals surface area contributed by atoms with Crippen LogP contribution in [-0.2, 0) is 30.7 Å². The number of alkyl halides is 3. The third kappa shape index (κ3) is 4.82. The van der Waals surface area contributed by atoms with Crippen molar-refractivity contribution < 1.29 is 22.6 Å². The second-order valence-corrected chi connectivity index (χ2v) is 9.04. The largest absolute Gasteiger partial charge is 0.573 e.